The fourth-order valence-corrected chi connectivity index (χ4v) is 1.34. The second-order valence-electron chi connectivity index (χ2n) is 2.57. The van der Waals surface area contributed by atoms with Gasteiger partial charge in [0.05, 0.1) is 7.11 Å². The number of nitrogens with one attached hydrogen (secondary N) is 1. The zero-order chi connectivity index (χ0) is 10.6. The summed E-state index contributed by atoms with van der Waals surface area (Å²) >= 11 is 3.25. The normalized spacial score (nSPS) is 9.64. The van der Waals surface area contributed by atoms with Crippen LogP contribution in [-0.2, 0) is 0 Å². The number of methoxy groups -OCH3 is 1. The number of hydrogen-bond acceptors (Lipinski definition) is 3. The molecule has 1 amide bonds. The summed E-state index contributed by atoms with van der Waals surface area (Å²) in [6.07, 6.45) is 1.58. The van der Waals surface area contributed by atoms with Crippen LogP contribution in [0.25, 0.3) is 0 Å². The van der Waals surface area contributed by atoms with Crippen molar-refractivity contribution < 1.29 is 9.53 Å². The van der Waals surface area contributed by atoms with Crippen LogP contribution in [0.4, 0.5) is 0 Å². The van der Waals surface area contributed by atoms with E-state index in [-0.39, 0.29) is 5.91 Å². The van der Waals surface area contributed by atoms with Gasteiger partial charge in [-0.1, -0.05) is 0 Å². The minimum absolute atomic E-state index is 0.182. The summed E-state index contributed by atoms with van der Waals surface area (Å²) in [5.74, 6) is 0.150. The van der Waals surface area contributed by atoms with Gasteiger partial charge >= 0.3 is 0 Å². The molecular weight excluding hydrogens is 248 g/mol. The molecule has 0 saturated heterocycles. The van der Waals surface area contributed by atoms with Crippen molar-refractivity contribution >= 4 is 21.8 Å². The first-order chi connectivity index (χ1) is 6.69. The van der Waals surface area contributed by atoms with Gasteiger partial charge in [-0.3, -0.25) is 4.79 Å². The predicted octanol–water partition coefficient (Wildman–Crippen LogP) is 1.60. The highest BCUT2D eigenvalue weighted by Gasteiger charge is 2.12. The topological polar surface area (TPSA) is 51.2 Å². The molecule has 14 heavy (non-hydrogen) atoms. The van der Waals surface area contributed by atoms with E-state index in [0.29, 0.717) is 18.0 Å². The first kappa shape index (κ1) is 11.0. The molecule has 0 radical (unpaired) electrons. The van der Waals surface area contributed by atoms with Gasteiger partial charge in [0.25, 0.3) is 5.91 Å². The van der Waals surface area contributed by atoms with Crippen molar-refractivity contribution in [2.45, 2.75) is 6.92 Å². The van der Waals surface area contributed by atoms with Crippen molar-refractivity contribution in [2.24, 2.45) is 0 Å². The van der Waals surface area contributed by atoms with E-state index in [2.05, 4.69) is 26.2 Å². The van der Waals surface area contributed by atoms with Crippen molar-refractivity contribution in [3.05, 3.63) is 22.3 Å². The van der Waals surface area contributed by atoms with Gasteiger partial charge in [-0.05, 0) is 28.9 Å². The molecule has 1 aromatic rings. The summed E-state index contributed by atoms with van der Waals surface area (Å²) in [4.78, 5) is 15.5. The Bertz CT molecular complexity index is 342. The lowest BCUT2D eigenvalue weighted by atomic mass is 10.2. The molecule has 5 heteroatoms. The second-order valence-corrected chi connectivity index (χ2v) is 3.49. The van der Waals surface area contributed by atoms with Gasteiger partial charge in [-0.2, -0.15) is 0 Å². The second kappa shape index (κ2) is 4.95. The molecule has 0 unspecified atom stereocenters. The number of ether oxygens (including phenoxy) is 1. The van der Waals surface area contributed by atoms with Crippen LogP contribution in [0, 0.1) is 0 Å². The summed E-state index contributed by atoms with van der Waals surface area (Å²) in [7, 11) is 1.49. The molecule has 76 valence electrons. The Labute approximate surface area is 90.8 Å². The zero-order valence-electron chi connectivity index (χ0n) is 8.00. The summed E-state index contributed by atoms with van der Waals surface area (Å²) in [6, 6.07) is 1.68. The van der Waals surface area contributed by atoms with E-state index in [9.17, 15) is 4.79 Å². The lowest BCUT2D eigenvalue weighted by Gasteiger charge is -2.06. The van der Waals surface area contributed by atoms with E-state index >= 15 is 0 Å². The zero-order valence-corrected chi connectivity index (χ0v) is 9.59. The molecule has 0 aliphatic carbocycles. The fourth-order valence-electron chi connectivity index (χ4n) is 1.01. The first-order valence-corrected chi connectivity index (χ1v) is 4.96. The molecule has 0 atom stereocenters. The lowest BCUT2D eigenvalue weighted by molar-refractivity contribution is 0.0952. The predicted molar refractivity (Wildman–Crippen MR) is 56.5 cm³/mol. The third-order valence-corrected chi connectivity index (χ3v) is 2.03. The third kappa shape index (κ3) is 2.45. The summed E-state index contributed by atoms with van der Waals surface area (Å²) in [5.41, 5.74) is 0.434. The number of halogens is 1. The molecule has 0 spiro atoms. The van der Waals surface area contributed by atoms with Crippen molar-refractivity contribution in [1.29, 1.82) is 0 Å². The maximum Gasteiger partial charge on any atom is 0.256 e. The van der Waals surface area contributed by atoms with Crippen molar-refractivity contribution in [3.63, 3.8) is 0 Å². The molecule has 0 aliphatic rings. The number of aromatic nitrogens is 1. The van der Waals surface area contributed by atoms with Gasteiger partial charge in [-0.25, -0.2) is 4.98 Å². The number of rotatable bonds is 3. The van der Waals surface area contributed by atoms with E-state index in [0.717, 1.165) is 4.47 Å². The maximum atomic E-state index is 11.5. The fraction of sp³-hybridized carbons (Fsp3) is 0.333. The van der Waals surface area contributed by atoms with Gasteiger partial charge < -0.3 is 10.1 Å². The minimum Gasteiger partial charge on any atom is -0.480 e. The number of nitrogens with zero attached hydrogens (tertiary/aromatic N) is 1. The Kier molecular flexibility index (Phi) is 3.88. The molecule has 0 aliphatic heterocycles. The molecule has 1 heterocycles. The average molecular weight is 259 g/mol. The molecule has 0 fully saturated rings. The lowest BCUT2D eigenvalue weighted by Crippen LogP contribution is -2.23. The number of carbonyl (C=O) groups excluding carboxylic acids is 1. The highest BCUT2D eigenvalue weighted by atomic mass is 79.9. The number of carbonyl (C=O) groups is 1. The maximum absolute atomic E-state index is 11.5. The molecule has 1 N–H and O–H groups in total. The number of hydrogen-bond donors (Lipinski definition) is 1. The SMILES string of the molecule is CCNC(=O)c1cc(Br)cnc1OC. The standard InChI is InChI=1S/C9H11BrN2O2/c1-3-11-8(13)7-4-6(10)5-12-9(7)14-2/h4-5H,3H2,1-2H3,(H,11,13). The minimum atomic E-state index is -0.182. The van der Waals surface area contributed by atoms with Gasteiger partial charge in [0.1, 0.15) is 5.56 Å². The smallest absolute Gasteiger partial charge is 0.256 e. The quantitative estimate of drug-likeness (QED) is 0.897. The molecule has 0 aromatic carbocycles. The van der Waals surface area contributed by atoms with Gasteiger partial charge in [0.15, 0.2) is 0 Å². The van der Waals surface area contributed by atoms with Crippen LogP contribution in [0.5, 0.6) is 5.88 Å². The van der Waals surface area contributed by atoms with E-state index in [1.807, 2.05) is 6.92 Å². The highest BCUT2D eigenvalue weighted by Crippen LogP contribution is 2.19. The number of amides is 1. The Morgan fingerprint density at radius 2 is 2.43 bits per heavy atom. The largest absolute Gasteiger partial charge is 0.480 e. The molecular formula is C9H11BrN2O2. The molecule has 0 saturated carbocycles. The van der Waals surface area contributed by atoms with Crippen molar-refractivity contribution in [1.82, 2.24) is 10.3 Å². The first-order valence-electron chi connectivity index (χ1n) is 4.16. The van der Waals surface area contributed by atoms with E-state index < -0.39 is 0 Å². The van der Waals surface area contributed by atoms with Crippen LogP contribution >= 0.6 is 15.9 Å². The Morgan fingerprint density at radius 3 is 3.00 bits per heavy atom. The number of pyridine rings is 1. The van der Waals surface area contributed by atoms with E-state index in [4.69, 9.17) is 4.74 Å². The summed E-state index contributed by atoms with van der Waals surface area (Å²) in [5, 5.41) is 2.68. The molecule has 4 nitrogen and oxygen atoms in total. The molecule has 0 bridgehead atoms. The van der Waals surface area contributed by atoms with Crippen LogP contribution in [0.3, 0.4) is 0 Å². The third-order valence-electron chi connectivity index (χ3n) is 1.59. The van der Waals surface area contributed by atoms with Gasteiger partial charge in [0.2, 0.25) is 5.88 Å². The van der Waals surface area contributed by atoms with Crippen LogP contribution in [0.1, 0.15) is 17.3 Å². The summed E-state index contributed by atoms with van der Waals surface area (Å²) in [6.45, 7) is 2.43. The highest BCUT2D eigenvalue weighted by molar-refractivity contribution is 9.10. The average Bonchev–Trinajstić information content (AvgIpc) is 2.18. The van der Waals surface area contributed by atoms with Crippen LogP contribution in [0.15, 0.2) is 16.7 Å². The Hall–Kier alpha value is -1.10. The van der Waals surface area contributed by atoms with Gasteiger partial charge in [-0.15, -0.1) is 0 Å². The summed E-state index contributed by atoms with van der Waals surface area (Å²) < 4.78 is 5.72. The van der Waals surface area contributed by atoms with Crippen molar-refractivity contribution in [3.8, 4) is 5.88 Å². The van der Waals surface area contributed by atoms with Crippen molar-refractivity contribution in [2.75, 3.05) is 13.7 Å². The Balaban J connectivity index is 3.03. The van der Waals surface area contributed by atoms with Crippen LogP contribution in [-0.4, -0.2) is 24.5 Å². The van der Waals surface area contributed by atoms with E-state index in [1.165, 1.54) is 7.11 Å². The van der Waals surface area contributed by atoms with Crippen LogP contribution < -0.4 is 10.1 Å². The Morgan fingerprint density at radius 1 is 1.71 bits per heavy atom. The molecule has 1 rings (SSSR count). The van der Waals surface area contributed by atoms with Gasteiger partial charge in [0, 0.05) is 17.2 Å². The monoisotopic (exact) mass is 258 g/mol. The molecule has 1 aromatic heterocycles. The van der Waals surface area contributed by atoms with Crippen LogP contribution in [0.2, 0.25) is 0 Å². The van der Waals surface area contributed by atoms with E-state index in [1.54, 1.807) is 12.3 Å².